The molecule has 3 aromatic rings. The van der Waals surface area contributed by atoms with Gasteiger partial charge in [0.2, 0.25) is 9.84 Å². The van der Waals surface area contributed by atoms with E-state index in [9.17, 15) is 13.5 Å². The number of aromatic amines is 1. The normalized spacial score (nSPS) is 13.4. The lowest BCUT2D eigenvalue weighted by atomic mass is 10.2. The van der Waals surface area contributed by atoms with Crippen molar-refractivity contribution in [2.75, 3.05) is 0 Å². The summed E-state index contributed by atoms with van der Waals surface area (Å²) < 4.78 is 25.8. The van der Waals surface area contributed by atoms with E-state index in [4.69, 9.17) is 0 Å². The molecule has 0 radical (unpaired) electrons. The Morgan fingerprint density at radius 2 is 1.91 bits per heavy atom. The van der Waals surface area contributed by atoms with Gasteiger partial charge in [0.15, 0.2) is 5.44 Å². The number of hydrogen-bond acceptors (Lipinski definition) is 4. The van der Waals surface area contributed by atoms with Crippen molar-refractivity contribution >= 4 is 36.8 Å². The van der Waals surface area contributed by atoms with Gasteiger partial charge in [0.25, 0.3) is 0 Å². The predicted octanol–water partition coefficient (Wildman–Crippen LogP) is 3.10. The number of hydrogen-bond donors (Lipinski definition) is 2. The molecule has 114 valence electrons. The number of pyridine rings is 1. The van der Waals surface area contributed by atoms with Crippen molar-refractivity contribution in [1.82, 2.24) is 9.97 Å². The van der Waals surface area contributed by atoms with Crippen molar-refractivity contribution in [3.05, 3.63) is 58.3 Å². The smallest absolute Gasteiger partial charge is 0.210 e. The minimum atomic E-state index is -3.89. The van der Waals surface area contributed by atoms with Crippen molar-refractivity contribution < 1.29 is 13.5 Å². The molecule has 2 N–H and O–H groups in total. The first-order chi connectivity index (χ1) is 10.4. The highest BCUT2D eigenvalue weighted by molar-refractivity contribution is 9.10. The van der Waals surface area contributed by atoms with Gasteiger partial charge in [0, 0.05) is 16.1 Å². The Bertz CT molecular complexity index is 933. The first kappa shape index (κ1) is 15.2. The second-order valence-electron chi connectivity index (χ2n) is 4.99. The molecular formula is C15H13BrN2O3S. The third-order valence-electron chi connectivity index (χ3n) is 3.41. The lowest BCUT2D eigenvalue weighted by Gasteiger charge is -2.10. The fraction of sp³-hybridized carbons (Fsp3) is 0.133. The largest absolute Gasteiger partial charge is 0.372 e. The number of rotatable bonds is 3. The highest BCUT2D eigenvalue weighted by Crippen LogP contribution is 2.30. The Labute approximate surface area is 136 Å². The van der Waals surface area contributed by atoms with Gasteiger partial charge in [-0.05, 0) is 47.1 Å². The summed E-state index contributed by atoms with van der Waals surface area (Å²) in [7, 11) is -3.89. The van der Waals surface area contributed by atoms with E-state index in [0.29, 0.717) is 5.65 Å². The Hall–Kier alpha value is -1.70. The molecule has 5 nitrogen and oxygen atoms in total. The summed E-state index contributed by atoms with van der Waals surface area (Å²) in [5, 5.41) is 11.0. The van der Waals surface area contributed by atoms with Crippen LogP contribution in [-0.2, 0) is 9.84 Å². The van der Waals surface area contributed by atoms with Gasteiger partial charge in [-0.2, -0.15) is 0 Å². The van der Waals surface area contributed by atoms with Gasteiger partial charge in [-0.25, -0.2) is 13.4 Å². The van der Waals surface area contributed by atoms with Crippen LogP contribution in [0, 0.1) is 6.92 Å². The molecule has 1 aromatic carbocycles. The van der Waals surface area contributed by atoms with Gasteiger partial charge in [-0.3, -0.25) is 0 Å². The van der Waals surface area contributed by atoms with Gasteiger partial charge >= 0.3 is 0 Å². The number of fused-ring (bicyclic) bond motifs is 1. The van der Waals surface area contributed by atoms with E-state index < -0.39 is 15.3 Å². The lowest BCUT2D eigenvalue weighted by molar-refractivity contribution is 0.250. The molecule has 1 atom stereocenters. The second-order valence-corrected chi connectivity index (χ2v) is 7.85. The number of aromatic nitrogens is 2. The van der Waals surface area contributed by atoms with Crippen LogP contribution in [0.4, 0.5) is 0 Å². The predicted molar refractivity (Wildman–Crippen MR) is 87.1 cm³/mol. The van der Waals surface area contributed by atoms with Crippen molar-refractivity contribution in [2.24, 2.45) is 0 Å². The molecule has 0 aliphatic rings. The summed E-state index contributed by atoms with van der Waals surface area (Å²) in [5.41, 5.74) is -0.0130. The van der Waals surface area contributed by atoms with Gasteiger partial charge in [0.1, 0.15) is 5.65 Å². The molecule has 22 heavy (non-hydrogen) atoms. The van der Waals surface area contributed by atoms with E-state index in [1.54, 1.807) is 30.5 Å². The van der Waals surface area contributed by atoms with Crippen molar-refractivity contribution in [3.63, 3.8) is 0 Å². The lowest BCUT2D eigenvalue weighted by Crippen LogP contribution is -2.13. The monoisotopic (exact) mass is 380 g/mol. The SMILES string of the molecule is Cc1ccc(S(=O)(=O)C(O)c2cc3c(Br)ccnc3[nH]2)cc1. The minimum Gasteiger partial charge on any atom is -0.372 e. The second kappa shape index (κ2) is 5.49. The zero-order valence-electron chi connectivity index (χ0n) is 11.6. The van der Waals surface area contributed by atoms with Gasteiger partial charge in [-0.1, -0.05) is 17.7 Å². The van der Waals surface area contributed by atoms with Crippen LogP contribution in [0.2, 0.25) is 0 Å². The molecule has 7 heteroatoms. The maximum atomic E-state index is 12.5. The fourth-order valence-electron chi connectivity index (χ4n) is 2.17. The van der Waals surface area contributed by atoms with E-state index in [2.05, 4.69) is 25.9 Å². The first-order valence-corrected chi connectivity index (χ1v) is 8.85. The number of nitrogens with zero attached hydrogens (tertiary/aromatic N) is 1. The summed E-state index contributed by atoms with van der Waals surface area (Å²) in [6.07, 6.45) is 1.59. The fourth-order valence-corrected chi connectivity index (χ4v) is 3.83. The molecule has 0 saturated heterocycles. The highest BCUT2D eigenvalue weighted by Gasteiger charge is 2.28. The number of benzene rings is 1. The molecule has 2 aromatic heterocycles. The molecule has 0 amide bonds. The third-order valence-corrected chi connectivity index (χ3v) is 5.87. The van der Waals surface area contributed by atoms with Crippen molar-refractivity contribution in [3.8, 4) is 0 Å². The van der Waals surface area contributed by atoms with E-state index >= 15 is 0 Å². The number of aliphatic hydroxyl groups excluding tert-OH is 1. The standard InChI is InChI=1S/C15H13BrN2O3S/c1-9-2-4-10(5-3-9)22(20,21)15(19)13-8-11-12(16)6-7-17-14(11)18-13/h2-8,15,19H,1H3,(H,17,18). The summed E-state index contributed by atoms with van der Waals surface area (Å²) >= 11 is 3.37. The van der Waals surface area contributed by atoms with E-state index in [1.165, 1.54) is 12.1 Å². The summed E-state index contributed by atoms with van der Waals surface area (Å²) in [4.78, 5) is 7.05. The summed E-state index contributed by atoms with van der Waals surface area (Å²) in [5.74, 6) is 0. The summed E-state index contributed by atoms with van der Waals surface area (Å²) in [6, 6.07) is 9.71. The van der Waals surface area contributed by atoms with Crippen LogP contribution in [0.15, 0.2) is 52.0 Å². The Morgan fingerprint density at radius 1 is 1.23 bits per heavy atom. The molecule has 0 saturated carbocycles. The Morgan fingerprint density at radius 3 is 2.55 bits per heavy atom. The van der Waals surface area contributed by atoms with Crippen LogP contribution in [0.5, 0.6) is 0 Å². The topological polar surface area (TPSA) is 83.1 Å². The third kappa shape index (κ3) is 2.55. The molecule has 0 bridgehead atoms. The Balaban J connectivity index is 2.06. The van der Waals surface area contributed by atoms with E-state index in [1.807, 2.05) is 6.92 Å². The highest BCUT2D eigenvalue weighted by atomic mass is 79.9. The average Bonchev–Trinajstić information content (AvgIpc) is 2.92. The molecule has 0 aliphatic heterocycles. The first-order valence-electron chi connectivity index (χ1n) is 6.51. The zero-order chi connectivity index (χ0) is 15.9. The maximum Gasteiger partial charge on any atom is 0.210 e. The number of aliphatic hydroxyl groups is 1. The quantitative estimate of drug-likeness (QED) is 0.731. The van der Waals surface area contributed by atoms with Crippen LogP contribution in [0.3, 0.4) is 0 Å². The van der Waals surface area contributed by atoms with Gasteiger partial charge in [0.05, 0.1) is 10.6 Å². The minimum absolute atomic E-state index is 0.0799. The van der Waals surface area contributed by atoms with Crippen LogP contribution >= 0.6 is 15.9 Å². The molecular weight excluding hydrogens is 368 g/mol. The van der Waals surface area contributed by atoms with Gasteiger partial charge < -0.3 is 10.1 Å². The van der Waals surface area contributed by atoms with E-state index in [-0.39, 0.29) is 10.6 Å². The molecule has 0 spiro atoms. The van der Waals surface area contributed by atoms with Crippen LogP contribution in [-0.4, -0.2) is 23.5 Å². The average molecular weight is 381 g/mol. The number of halogens is 1. The van der Waals surface area contributed by atoms with E-state index in [0.717, 1.165) is 15.4 Å². The number of nitrogens with one attached hydrogen (secondary N) is 1. The Kier molecular flexibility index (Phi) is 3.80. The number of aryl methyl sites for hydroxylation is 1. The molecule has 3 rings (SSSR count). The number of H-pyrrole nitrogens is 1. The molecule has 0 fully saturated rings. The number of sulfone groups is 1. The van der Waals surface area contributed by atoms with Gasteiger partial charge in [-0.15, -0.1) is 0 Å². The summed E-state index contributed by atoms with van der Waals surface area (Å²) in [6.45, 7) is 1.87. The molecule has 2 heterocycles. The molecule has 0 aliphatic carbocycles. The maximum absolute atomic E-state index is 12.5. The zero-order valence-corrected chi connectivity index (χ0v) is 14.0. The van der Waals surface area contributed by atoms with Crippen LogP contribution < -0.4 is 0 Å². The molecule has 1 unspecified atom stereocenters. The van der Waals surface area contributed by atoms with Crippen LogP contribution in [0.25, 0.3) is 11.0 Å². The van der Waals surface area contributed by atoms with Crippen molar-refractivity contribution in [1.29, 1.82) is 0 Å². The van der Waals surface area contributed by atoms with Crippen molar-refractivity contribution in [2.45, 2.75) is 17.3 Å². The van der Waals surface area contributed by atoms with Crippen LogP contribution in [0.1, 0.15) is 16.7 Å².